The van der Waals surface area contributed by atoms with E-state index in [0.29, 0.717) is 31.6 Å². The number of hydrogen-bond donors (Lipinski definition) is 3. The zero-order valence-electron chi connectivity index (χ0n) is 18.3. The number of carbonyl (C=O) groups is 1. The highest BCUT2D eigenvalue weighted by Crippen LogP contribution is 2.28. The highest BCUT2D eigenvalue weighted by molar-refractivity contribution is 14.0. The second kappa shape index (κ2) is 14.3. The Bertz CT molecular complexity index is 459. The molecule has 3 N–H and O–H groups in total. The molecule has 0 aromatic carbocycles. The van der Waals surface area contributed by atoms with Gasteiger partial charge in [-0.2, -0.15) is 0 Å². The number of carbonyl (C=O) groups excluding carboxylic acids is 1. The summed E-state index contributed by atoms with van der Waals surface area (Å²) < 4.78 is 5.53. The van der Waals surface area contributed by atoms with E-state index >= 15 is 0 Å². The molecule has 166 valence electrons. The van der Waals surface area contributed by atoms with Gasteiger partial charge in [0.15, 0.2) is 5.96 Å². The van der Waals surface area contributed by atoms with Gasteiger partial charge in [-0.25, -0.2) is 4.79 Å². The summed E-state index contributed by atoms with van der Waals surface area (Å²) >= 11 is 0. The lowest BCUT2D eigenvalue weighted by molar-refractivity contribution is 0.0238. The zero-order valence-corrected chi connectivity index (χ0v) is 20.6. The van der Waals surface area contributed by atoms with E-state index < -0.39 is 5.60 Å². The van der Waals surface area contributed by atoms with Gasteiger partial charge in [0.05, 0.1) is 0 Å². The van der Waals surface area contributed by atoms with Crippen LogP contribution in [0.2, 0.25) is 0 Å². The van der Waals surface area contributed by atoms with Crippen molar-refractivity contribution in [3.05, 3.63) is 0 Å². The van der Waals surface area contributed by atoms with E-state index in [1.54, 1.807) is 0 Å². The van der Waals surface area contributed by atoms with Crippen molar-refractivity contribution >= 4 is 36.0 Å². The van der Waals surface area contributed by atoms with Crippen LogP contribution in [-0.4, -0.2) is 66.5 Å². The Hall–Kier alpha value is -0.770. The first-order valence-corrected chi connectivity index (χ1v) is 10.4. The molecule has 1 aliphatic carbocycles. The van der Waals surface area contributed by atoms with Gasteiger partial charge in [0.25, 0.3) is 0 Å². The summed E-state index contributed by atoms with van der Waals surface area (Å²) in [6.45, 7) is 12.8. The van der Waals surface area contributed by atoms with Crippen molar-refractivity contribution < 1.29 is 14.6 Å². The molecule has 1 amide bonds. The summed E-state index contributed by atoms with van der Waals surface area (Å²) in [5.74, 6) is 1.16. The molecule has 0 heterocycles. The van der Waals surface area contributed by atoms with Crippen molar-refractivity contribution in [2.75, 3.05) is 32.8 Å². The van der Waals surface area contributed by atoms with Gasteiger partial charge in [0, 0.05) is 38.8 Å². The topological polar surface area (TPSA) is 86.2 Å². The highest BCUT2D eigenvalue weighted by Gasteiger charge is 2.34. The van der Waals surface area contributed by atoms with Gasteiger partial charge in [-0.1, -0.05) is 13.3 Å². The molecule has 0 saturated heterocycles. The van der Waals surface area contributed by atoms with Crippen LogP contribution in [0.25, 0.3) is 0 Å². The Morgan fingerprint density at radius 3 is 2.43 bits per heavy atom. The summed E-state index contributed by atoms with van der Waals surface area (Å²) in [7, 11) is 0. The van der Waals surface area contributed by atoms with Crippen LogP contribution in [0.3, 0.4) is 0 Å². The minimum Gasteiger partial charge on any atom is -0.444 e. The standard InChI is InChI=1S/C20H40N4O3.HI/c1-6-8-16(11-14-25)15-23-18(21-7-2)22-12-13-24(17-9-10-17)19(26)27-20(3,4)5;/h16-17,25H,6-15H2,1-5H3,(H2,21,22,23);1H. The van der Waals surface area contributed by atoms with Crippen LogP contribution in [-0.2, 0) is 4.74 Å². The number of ether oxygens (including phenoxy) is 1. The molecule has 1 unspecified atom stereocenters. The molecule has 1 saturated carbocycles. The van der Waals surface area contributed by atoms with E-state index in [-0.39, 0.29) is 36.7 Å². The Morgan fingerprint density at radius 1 is 1.25 bits per heavy atom. The van der Waals surface area contributed by atoms with Gasteiger partial charge >= 0.3 is 6.09 Å². The van der Waals surface area contributed by atoms with E-state index in [2.05, 4.69) is 22.5 Å². The lowest BCUT2D eigenvalue weighted by Gasteiger charge is -2.27. The van der Waals surface area contributed by atoms with Crippen molar-refractivity contribution in [1.82, 2.24) is 15.5 Å². The van der Waals surface area contributed by atoms with E-state index in [1.165, 1.54) is 0 Å². The normalized spacial score (nSPS) is 15.4. The second-order valence-corrected chi connectivity index (χ2v) is 8.22. The van der Waals surface area contributed by atoms with Gasteiger partial charge in [-0.05, 0) is 59.3 Å². The number of aliphatic hydroxyl groups is 1. The number of rotatable bonds is 11. The number of nitrogens with zero attached hydrogens (tertiary/aromatic N) is 2. The molecule has 8 heteroatoms. The maximum Gasteiger partial charge on any atom is 0.410 e. The first-order valence-electron chi connectivity index (χ1n) is 10.4. The predicted octanol–water partition coefficient (Wildman–Crippen LogP) is 3.36. The van der Waals surface area contributed by atoms with Crippen LogP contribution in [0.5, 0.6) is 0 Å². The van der Waals surface area contributed by atoms with Crippen molar-refractivity contribution in [1.29, 1.82) is 0 Å². The highest BCUT2D eigenvalue weighted by atomic mass is 127. The minimum absolute atomic E-state index is 0. The van der Waals surface area contributed by atoms with Crippen LogP contribution in [0.1, 0.15) is 66.7 Å². The van der Waals surface area contributed by atoms with Crippen molar-refractivity contribution in [2.45, 2.75) is 78.4 Å². The largest absolute Gasteiger partial charge is 0.444 e. The fourth-order valence-corrected chi connectivity index (χ4v) is 2.90. The fraction of sp³-hybridized carbons (Fsp3) is 0.900. The summed E-state index contributed by atoms with van der Waals surface area (Å²) in [6.07, 6.45) is 4.80. The van der Waals surface area contributed by atoms with E-state index in [9.17, 15) is 9.90 Å². The van der Waals surface area contributed by atoms with Crippen LogP contribution < -0.4 is 10.6 Å². The van der Waals surface area contributed by atoms with E-state index in [0.717, 1.165) is 44.6 Å². The van der Waals surface area contributed by atoms with E-state index in [4.69, 9.17) is 4.74 Å². The van der Waals surface area contributed by atoms with Crippen molar-refractivity contribution in [3.63, 3.8) is 0 Å². The number of guanidine groups is 1. The average Bonchev–Trinajstić information content (AvgIpc) is 3.39. The quantitative estimate of drug-likeness (QED) is 0.225. The maximum absolute atomic E-state index is 12.4. The van der Waals surface area contributed by atoms with Gasteiger partial charge in [0.1, 0.15) is 5.60 Å². The van der Waals surface area contributed by atoms with Crippen molar-refractivity contribution in [2.24, 2.45) is 10.9 Å². The summed E-state index contributed by atoms with van der Waals surface area (Å²) in [5.41, 5.74) is -0.477. The first kappa shape index (κ1) is 27.2. The third-order valence-corrected chi connectivity index (χ3v) is 4.35. The molecule has 28 heavy (non-hydrogen) atoms. The van der Waals surface area contributed by atoms with Crippen LogP contribution in [0.4, 0.5) is 4.79 Å². The Labute approximate surface area is 188 Å². The molecule has 1 aliphatic rings. The van der Waals surface area contributed by atoms with Crippen LogP contribution >= 0.6 is 24.0 Å². The lowest BCUT2D eigenvalue weighted by Crippen LogP contribution is -2.45. The minimum atomic E-state index is -0.477. The first-order chi connectivity index (χ1) is 12.8. The number of halogens is 1. The number of hydrogen-bond acceptors (Lipinski definition) is 4. The summed E-state index contributed by atoms with van der Waals surface area (Å²) in [4.78, 5) is 18.9. The molecule has 7 nitrogen and oxygen atoms in total. The Kier molecular flexibility index (Phi) is 13.9. The number of aliphatic hydroxyl groups excluding tert-OH is 1. The molecule has 0 aromatic heterocycles. The molecule has 1 atom stereocenters. The maximum atomic E-state index is 12.4. The molecule has 0 spiro atoms. The molecule has 0 bridgehead atoms. The fourth-order valence-electron chi connectivity index (χ4n) is 2.90. The molecular weight excluding hydrogens is 471 g/mol. The van der Waals surface area contributed by atoms with Crippen LogP contribution in [0, 0.1) is 5.92 Å². The van der Waals surface area contributed by atoms with Gasteiger partial charge < -0.3 is 25.4 Å². The Morgan fingerprint density at radius 2 is 1.93 bits per heavy atom. The smallest absolute Gasteiger partial charge is 0.410 e. The predicted molar refractivity (Wildman–Crippen MR) is 125 cm³/mol. The van der Waals surface area contributed by atoms with Gasteiger partial charge in [-0.3, -0.25) is 4.99 Å². The SMILES string of the molecule is CCCC(CCO)CN=C(NCC)NCCN(C(=O)OC(C)(C)C)C1CC1.I. The summed E-state index contributed by atoms with van der Waals surface area (Å²) in [5, 5.41) is 15.8. The van der Waals surface area contributed by atoms with E-state index in [1.807, 2.05) is 32.6 Å². The zero-order chi connectivity index (χ0) is 20.3. The van der Waals surface area contributed by atoms with Gasteiger partial charge in [0.2, 0.25) is 0 Å². The average molecular weight is 512 g/mol. The molecule has 0 aromatic rings. The lowest BCUT2D eigenvalue weighted by atomic mass is 10.0. The third kappa shape index (κ3) is 11.9. The third-order valence-electron chi connectivity index (χ3n) is 4.35. The monoisotopic (exact) mass is 512 g/mol. The number of aliphatic imine (C=N–C) groups is 1. The molecule has 1 rings (SSSR count). The van der Waals surface area contributed by atoms with Crippen molar-refractivity contribution in [3.8, 4) is 0 Å². The molecule has 0 radical (unpaired) electrons. The molecular formula is C20H41IN4O3. The number of nitrogens with one attached hydrogen (secondary N) is 2. The summed E-state index contributed by atoms with van der Waals surface area (Å²) in [6, 6.07) is 0.305. The number of amides is 1. The molecule has 0 aliphatic heterocycles. The molecule has 1 fully saturated rings. The second-order valence-electron chi connectivity index (χ2n) is 8.22. The van der Waals surface area contributed by atoms with Crippen LogP contribution in [0.15, 0.2) is 4.99 Å². The Balaban J connectivity index is 0.00000729. The van der Waals surface area contributed by atoms with Gasteiger partial charge in [-0.15, -0.1) is 24.0 Å².